The van der Waals surface area contributed by atoms with Gasteiger partial charge >= 0.3 is 0 Å². The zero-order valence-electron chi connectivity index (χ0n) is 13.9. The standard InChI is InChI=1S/C18H23N3O/c1-6-11(2)12-7-8-13(16-14(12)9-20-22-16)15-10-19-17(21-15)18(3,4)5/h7-11H,6H2,1-5H3,(H,19,21). The van der Waals surface area contributed by atoms with Crippen LogP contribution in [0.4, 0.5) is 0 Å². The Morgan fingerprint density at radius 1 is 1.23 bits per heavy atom. The van der Waals surface area contributed by atoms with Gasteiger partial charge in [-0.15, -0.1) is 0 Å². The quantitative estimate of drug-likeness (QED) is 0.737. The summed E-state index contributed by atoms with van der Waals surface area (Å²) in [5.41, 5.74) is 4.11. The molecule has 1 aromatic carbocycles. The molecule has 3 rings (SSSR count). The van der Waals surface area contributed by atoms with E-state index in [9.17, 15) is 0 Å². The van der Waals surface area contributed by atoms with Crippen LogP contribution >= 0.6 is 0 Å². The number of fused-ring (bicyclic) bond motifs is 1. The Kier molecular flexibility index (Phi) is 3.55. The average molecular weight is 297 g/mol. The first-order valence-corrected chi connectivity index (χ1v) is 7.85. The molecular formula is C18H23N3O. The van der Waals surface area contributed by atoms with Crippen molar-refractivity contribution in [1.82, 2.24) is 15.1 Å². The SMILES string of the molecule is CCC(C)c1ccc(-c2cnc(C(C)(C)C)[nH]2)c2oncc12. The summed E-state index contributed by atoms with van der Waals surface area (Å²) in [4.78, 5) is 7.93. The summed E-state index contributed by atoms with van der Waals surface area (Å²) in [6.07, 6.45) is 4.79. The topological polar surface area (TPSA) is 54.7 Å². The molecule has 0 saturated carbocycles. The van der Waals surface area contributed by atoms with Crippen molar-refractivity contribution in [3.8, 4) is 11.3 Å². The molecule has 1 N–H and O–H groups in total. The third-order valence-corrected chi connectivity index (χ3v) is 4.28. The largest absolute Gasteiger partial charge is 0.356 e. The molecule has 4 nitrogen and oxygen atoms in total. The fourth-order valence-corrected chi connectivity index (χ4v) is 2.68. The monoisotopic (exact) mass is 297 g/mol. The maximum Gasteiger partial charge on any atom is 0.176 e. The number of imidazole rings is 1. The summed E-state index contributed by atoms with van der Waals surface area (Å²) in [6.45, 7) is 10.9. The van der Waals surface area contributed by atoms with E-state index in [-0.39, 0.29) is 5.41 Å². The van der Waals surface area contributed by atoms with Gasteiger partial charge in [-0.05, 0) is 24.0 Å². The van der Waals surface area contributed by atoms with Crippen molar-refractivity contribution in [2.75, 3.05) is 0 Å². The third kappa shape index (κ3) is 2.43. The molecule has 1 unspecified atom stereocenters. The summed E-state index contributed by atoms with van der Waals surface area (Å²) >= 11 is 0. The van der Waals surface area contributed by atoms with E-state index in [1.165, 1.54) is 5.56 Å². The molecule has 0 saturated heterocycles. The van der Waals surface area contributed by atoms with Crippen LogP contribution in [0.1, 0.15) is 58.3 Å². The van der Waals surface area contributed by atoms with Crippen LogP contribution in [0.2, 0.25) is 0 Å². The van der Waals surface area contributed by atoms with E-state index >= 15 is 0 Å². The molecule has 1 atom stereocenters. The maximum atomic E-state index is 5.54. The minimum absolute atomic E-state index is 0.00452. The first-order valence-electron chi connectivity index (χ1n) is 7.85. The molecule has 0 aliphatic heterocycles. The number of hydrogen-bond donors (Lipinski definition) is 1. The molecule has 116 valence electrons. The first kappa shape index (κ1) is 14.8. The van der Waals surface area contributed by atoms with Crippen molar-refractivity contribution in [1.29, 1.82) is 0 Å². The number of aromatic nitrogens is 3. The highest BCUT2D eigenvalue weighted by Crippen LogP contribution is 2.34. The molecule has 0 spiro atoms. The van der Waals surface area contributed by atoms with Gasteiger partial charge in [-0.2, -0.15) is 0 Å². The number of rotatable bonds is 3. The van der Waals surface area contributed by atoms with E-state index in [4.69, 9.17) is 4.52 Å². The number of hydrogen-bond acceptors (Lipinski definition) is 3. The van der Waals surface area contributed by atoms with Gasteiger partial charge in [-0.25, -0.2) is 4.98 Å². The normalized spacial score (nSPS) is 13.7. The van der Waals surface area contributed by atoms with Crippen molar-refractivity contribution in [3.63, 3.8) is 0 Å². The number of nitrogens with zero attached hydrogens (tertiary/aromatic N) is 2. The summed E-state index contributed by atoms with van der Waals surface area (Å²) in [7, 11) is 0. The second kappa shape index (κ2) is 5.27. The highest BCUT2D eigenvalue weighted by Gasteiger charge is 2.20. The van der Waals surface area contributed by atoms with Crippen LogP contribution in [0, 0.1) is 0 Å². The molecule has 0 aliphatic rings. The third-order valence-electron chi connectivity index (χ3n) is 4.28. The second-order valence-electron chi connectivity index (χ2n) is 6.98. The van der Waals surface area contributed by atoms with Crippen molar-refractivity contribution in [3.05, 3.63) is 35.9 Å². The molecule has 0 fully saturated rings. The number of H-pyrrole nitrogens is 1. The fourth-order valence-electron chi connectivity index (χ4n) is 2.68. The number of aromatic amines is 1. The molecule has 0 bridgehead atoms. The molecule has 0 radical (unpaired) electrons. The van der Waals surface area contributed by atoms with E-state index in [2.05, 4.69) is 61.9 Å². The molecular weight excluding hydrogens is 274 g/mol. The van der Waals surface area contributed by atoms with Crippen molar-refractivity contribution in [2.24, 2.45) is 0 Å². The summed E-state index contributed by atoms with van der Waals surface area (Å²) in [5.74, 6) is 1.46. The lowest BCUT2D eigenvalue weighted by Crippen LogP contribution is -2.13. The zero-order valence-corrected chi connectivity index (χ0v) is 13.9. The van der Waals surface area contributed by atoms with Gasteiger partial charge in [-0.1, -0.05) is 45.8 Å². The summed E-state index contributed by atoms with van der Waals surface area (Å²) < 4.78 is 5.54. The van der Waals surface area contributed by atoms with Crippen LogP contribution in [0.15, 0.2) is 29.0 Å². The minimum atomic E-state index is -0.00452. The van der Waals surface area contributed by atoms with Gasteiger partial charge in [-0.3, -0.25) is 0 Å². The van der Waals surface area contributed by atoms with Gasteiger partial charge in [0.05, 0.1) is 18.1 Å². The maximum absolute atomic E-state index is 5.54. The first-order chi connectivity index (χ1) is 10.4. The second-order valence-corrected chi connectivity index (χ2v) is 6.98. The molecule has 0 amide bonds. The van der Waals surface area contributed by atoms with Crippen molar-refractivity contribution in [2.45, 2.75) is 52.4 Å². The van der Waals surface area contributed by atoms with Crippen LogP contribution in [-0.2, 0) is 5.41 Å². The molecule has 0 aliphatic carbocycles. The van der Waals surface area contributed by atoms with E-state index < -0.39 is 0 Å². The van der Waals surface area contributed by atoms with Crippen LogP contribution in [0.3, 0.4) is 0 Å². The fraction of sp³-hybridized carbons (Fsp3) is 0.444. The van der Waals surface area contributed by atoms with Gasteiger partial charge < -0.3 is 9.51 Å². The lowest BCUT2D eigenvalue weighted by atomic mass is 9.93. The Labute approximate surface area is 130 Å². The summed E-state index contributed by atoms with van der Waals surface area (Å²) in [6, 6.07) is 4.29. The minimum Gasteiger partial charge on any atom is -0.356 e. The predicted octanol–water partition coefficient (Wildman–Crippen LogP) is 5.03. The Hall–Kier alpha value is -2.10. The van der Waals surface area contributed by atoms with E-state index in [0.29, 0.717) is 5.92 Å². The van der Waals surface area contributed by atoms with Crippen LogP contribution < -0.4 is 0 Å². The highest BCUT2D eigenvalue weighted by atomic mass is 16.5. The van der Waals surface area contributed by atoms with Crippen molar-refractivity contribution < 1.29 is 4.52 Å². The Balaban J connectivity index is 2.13. The number of nitrogens with one attached hydrogen (secondary N) is 1. The molecule has 2 aromatic heterocycles. The Bertz CT molecular complexity index is 792. The Morgan fingerprint density at radius 2 is 2.00 bits per heavy atom. The molecule has 22 heavy (non-hydrogen) atoms. The highest BCUT2D eigenvalue weighted by molar-refractivity contribution is 5.93. The predicted molar refractivity (Wildman–Crippen MR) is 89.0 cm³/mol. The molecule has 2 heterocycles. The smallest absolute Gasteiger partial charge is 0.176 e. The average Bonchev–Trinajstić information content (AvgIpc) is 3.13. The molecule has 3 aromatic rings. The van der Waals surface area contributed by atoms with Gasteiger partial charge in [0.25, 0.3) is 0 Å². The lowest BCUT2D eigenvalue weighted by molar-refractivity contribution is 0.457. The summed E-state index contributed by atoms with van der Waals surface area (Å²) in [5, 5.41) is 5.11. The molecule has 4 heteroatoms. The zero-order chi connectivity index (χ0) is 15.9. The van der Waals surface area contributed by atoms with Gasteiger partial charge in [0.15, 0.2) is 5.58 Å². The van der Waals surface area contributed by atoms with Gasteiger partial charge in [0.1, 0.15) is 5.82 Å². The number of benzene rings is 1. The Morgan fingerprint density at radius 3 is 2.64 bits per heavy atom. The van der Waals surface area contributed by atoms with E-state index in [0.717, 1.165) is 34.5 Å². The van der Waals surface area contributed by atoms with Gasteiger partial charge in [0, 0.05) is 16.4 Å². The van der Waals surface area contributed by atoms with Crippen LogP contribution in [0.5, 0.6) is 0 Å². The van der Waals surface area contributed by atoms with Crippen LogP contribution in [0.25, 0.3) is 22.2 Å². The van der Waals surface area contributed by atoms with E-state index in [1.807, 2.05) is 12.4 Å². The van der Waals surface area contributed by atoms with E-state index in [1.54, 1.807) is 0 Å². The van der Waals surface area contributed by atoms with Gasteiger partial charge in [0.2, 0.25) is 0 Å². The lowest BCUT2D eigenvalue weighted by Gasteiger charge is -2.14. The van der Waals surface area contributed by atoms with Crippen LogP contribution in [-0.4, -0.2) is 15.1 Å². The van der Waals surface area contributed by atoms with Crippen molar-refractivity contribution >= 4 is 11.0 Å².